The summed E-state index contributed by atoms with van der Waals surface area (Å²) in [6.45, 7) is 2.38. The molecule has 1 amide bonds. The van der Waals surface area contributed by atoms with Crippen LogP contribution in [-0.2, 0) is 21.2 Å². The highest BCUT2D eigenvalue weighted by Crippen LogP contribution is 2.14. The van der Waals surface area contributed by atoms with Crippen LogP contribution in [-0.4, -0.2) is 20.9 Å². The van der Waals surface area contributed by atoms with Gasteiger partial charge in [-0.1, -0.05) is 25.5 Å². The Morgan fingerprint density at radius 3 is 2.28 bits per heavy atom. The molecule has 0 radical (unpaired) electrons. The first-order valence-electron chi connectivity index (χ1n) is 8.05. The molecule has 0 aromatic heterocycles. The van der Waals surface area contributed by atoms with Crippen LogP contribution in [0.2, 0.25) is 0 Å². The Labute approximate surface area is 147 Å². The summed E-state index contributed by atoms with van der Waals surface area (Å²) in [7, 11) is -3.53. The molecule has 0 heterocycles. The Balaban J connectivity index is 1.95. The lowest BCUT2D eigenvalue weighted by atomic mass is 10.1. The molecule has 25 heavy (non-hydrogen) atoms. The fourth-order valence-electron chi connectivity index (χ4n) is 2.18. The largest absolute Gasteiger partial charge is 0.326 e. The predicted molar refractivity (Wildman–Crippen MR) is 95.3 cm³/mol. The maximum absolute atomic E-state index is 12.8. The number of carbonyl (C=O) groups excluding carboxylic acids is 1. The minimum absolute atomic E-state index is 0.110. The van der Waals surface area contributed by atoms with Gasteiger partial charge in [0.2, 0.25) is 15.9 Å². The molecule has 0 aliphatic carbocycles. The van der Waals surface area contributed by atoms with E-state index in [0.29, 0.717) is 17.8 Å². The Kier molecular flexibility index (Phi) is 6.66. The number of rotatable bonds is 8. The average Bonchev–Trinajstić information content (AvgIpc) is 2.57. The molecular weight excluding hydrogens is 343 g/mol. The molecule has 7 heteroatoms. The lowest BCUT2D eigenvalue weighted by Crippen LogP contribution is -2.24. The van der Waals surface area contributed by atoms with E-state index in [2.05, 4.69) is 10.0 Å². The molecule has 0 fully saturated rings. The Morgan fingerprint density at radius 1 is 1.04 bits per heavy atom. The van der Waals surface area contributed by atoms with Gasteiger partial charge >= 0.3 is 0 Å². The van der Waals surface area contributed by atoms with E-state index in [-0.39, 0.29) is 23.0 Å². The maximum Gasteiger partial charge on any atom is 0.240 e. The molecule has 5 nitrogen and oxygen atoms in total. The molecular formula is C18H21FN2O3S. The van der Waals surface area contributed by atoms with Crippen LogP contribution in [0.15, 0.2) is 53.4 Å². The normalized spacial score (nSPS) is 11.3. The molecule has 0 spiro atoms. The number of nitrogens with one attached hydrogen (secondary N) is 2. The molecule has 0 bridgehead atoms. The summed E-state index contributed by atoms with van der Waals surface area (Å²) < 4.78 is 39.5. The monoisotopic (exact) mass is 364 g/mol. The maximum atomic E-state index is 12.8. The van der Waals surface area contributed by atoms with Crippen LogP contribution in [0, 0.1) is 5.82 Å². The van der Waals surface area contributed by atoms with Gasteiger partial charge in [0.1, 0.15) is 5.82 Å². The third-order valence-corrected chi connectivity index (χ3v) is 5.03. The molecule has 0 aliphatic rings. The molecule has 2 aromatic rings. The topological polar surface area (TPSA) is 75.3 Å². The van der Waals surface area contributed by atoms with Crippen molar-refractivity contribution >= 4 is 21.6 Å². The molecule has 0 saturated heterocycles. The van der Waals surface area contributed by atoms with Gasteiger partial charge in [0, 0.05) is 12.2 Å². The van der Waals surface area contributed by atoms with Gasteiger partial charge in [-0.05, 0) is 48.4 Å². The summed E-state index contributed by atoms with van der Waals surface area (Å²) in [6, 6.07) is 11.7. The van der Waals surface area contributed by atoms with Gasteiger partial charge in [0.05, 0.1) is 11.3 Å². The lowest BCUT2D eigenvalue weighted by molar-refractivity contribution is -0.115. The second-order valence-corrected chi connectivity index (χ2v) is 7.39. The first-order chi connectivity index (χ1) is 11.9. The number of sulfonamides is 1. The van der Waals surface area contributed by atoms with Crippen LogP contribution in [0.1, 0.15) is 25.3 Å². The highest BCUT2D eigenvalue weighted by atomic mass is 32.2. The van der Waals surface area contributed by atoms with Gasteiger partial charge < -0.3 is 5.32 Å². The van der Waals surface area contributed by atoms with Crippen molar-refractivity contribution < 1.29 is 17.6 Å². The van der Waals surface area contributed by atoms with Crippen molar-refractivity contribution in [2.24, 2.45) is 0 Å². The summed E-state index contributed by atoms with van der Waals surface area (Å²) in [4.78, 5) is 12.1. The zero-order valence-electron chi connectivity index (χ0n) is 14.0. The van der Waals surface area contributed by atoms with E-state index in [9.17, 15) is 17.6 Å². The van der Waals surface area contributed by atoms with Gasteiger partial charge in [-0.25, -0.2) is 17.5 Å². The zero-order chi connectivity index (χ0) is 18.3. The number of benzene rings is 2. The number of hydrogen-bond acceptors (Lipinski definition) is 3. The summed E-state index contributed by atoms with van der Waals surface area (Å²) in [5.74, 6) is -0.614. The molecule has 2 N–H and O–H groups in total. The van der Waals surface area contributed by atoms with E-state index in [1.54, 1.807) is 12.1 Å². The number of halogens is 1. The summed E-state index contributed by atoms with van der Waals surface area (Å²) in [6.07, 6.45) is 1.79. The zero-order valence-corrected chi connectivity index (χ0v) is 14.8. The first kappa shape index (κ1) is 19.1. The smallest absolute Gasteiger partial charge is 0.240 e. The van der Waals surface area contributed by atoms with Crippen molar-refractivity contribution in [1.82, 2.24) is 4.72 Å². The van der Waals surface area contributed by atoms with Gasteiger partial charge in [-0.15, -0.1) is 0 Å². The second kappa shape index (κ2) is 8.73. The van der Waals surface area contributed by atoms with E-state index in [4.69, 9.17) is 0 Å². The van der Waals surface area contributed by atoms with E-state index >= 15 is 0 Å². The third kappa shape index (κ3) is 5.95. The molecule has 2 aromatic carbocycles. The van der Waals surface area contributed by atoms with Crippen LogP contribution >= 0.6 is 0 Å². The average molecular weight is 364 g/mol. The van der Waals surface area contributed by atoms with Crippen molar-refractivity contribution in [3.8, 4) is 0 Å². The van der Waals surface area contributed by atoms with E-state index in [1.165, 1.54) is 36.4 Å². The molecule has 0 unspecified atom stereocenters. The Morgan fingerprint density at radius 2 is 1.68 bits per heavy atom. The molecule has 2 rings (SSSR count). The van der Waals surface area contributed by atoms with Crippen molar-refractivity contribution in [3.05, 3.63) is 59.9 Å². The lowest BCUT2D eigenvalue weighted by Gasteiger charge is -2.08. The van der Waals surface area contributed by atoms with Gasteiger partial charge in [0.15, 0.2) is 0 Å². The van der Waals surface area contributed by atoms with Crippen LogP contribution in [0.25, 0.3) is 0 Å². The number of carbonyl (C=O) groups is 1. The SMILES string of the molecule is CCCCNS(=O)(=O)c1ccc(NC(=O)Cc2ccc(F)cc2)cc1. The van der Waals surface area contributed by atoms with Crippen molar-refractivity contribution in [3.63, 3.8) is 0 Å². The summed E-state index contributed by atoms with van der Waals surface area (Å²) >= 11 is 0. The number of hydrogen-bond donors (Lipinski definition) is 2. The molecule has 0 saturated carbocycles. The number of anilines is 1. The number of amides is 1. The highest BCUT2D eigenvalue weighted by molar-refractivity contribution is 7.89. The fourth-order valence-corrected chi connectivity index (χ4v) is 3.25. The van der Waals surface area contributed by atoms with Crippen LogP contribution < -0.4 is 10.0 Å². The first-order valence-corrected chi connectivity index (χ1v) is 9.53. The van der Waals surface area contributed by atoms with E-state index in [0.717, 1.165) is 12.8 Å². The fraction of sp³-hybridized carbons (Fsp3) is 0.278. The van der Waals surface area contributed by atoms with Crippen molar-refractivity contribution in [2.75, 3.05) is 11.9 Å². The van der Waals surface area contributed by atoms with Crippen LogP contribution in [0.3, 0.4) is 0 Å². The highest BCUT2D eigenvalue weighted by Gasteiger charge is 2.13. The molecule has 134 valence electrons. The van der Waals surface area contributed by atoms with E-state index < -0.39 is 10.0 Å². The minimum Gasteiger partial charge on any atom is -0.326 e. The van der Waals surface area contributed by atoms with Gasteiger partial charge in [0.25, 0.3) is 0 Å². The Hall–Kier alpha value is -2.25. The van der Waals surface area contributed by atoms with Crippen LogP contribution in [0.4, 0.5) is 10.1 Å². The van der Waals surface area contributed by atoms with Gasteiger partial charge in [-0.2, -0.15) is 0 Å². The molecule has 0 atom stereocenters. The quantitative estimate of drug-likeness (QED) is 0.707. The Bertz CT molecular complexity index is 803. The minimum atomic E-state index is -3.53. The van der Waals surface area contributed by atoms with Crippen molar-refractivity contribution in [1.29, 1.82) is 0 Å². The summed E-state index contributed by atoms with van der Waals surface area (Å²) in [5, 5.41) is 2.69. The number of unbranched alkanes of at least 4 members (excludes halogenated alkanes) is 1. The van der Waals surface area contributed by atoms with Crippen LogP contribution in [0.5, 0.6) is 0 Å². The molecule has 0 aliphatic heterocycles. The summed E-state index contributed by atoms with van der Waals surface area (Å²) in [5.41, 5.74) is 1.19. The van der Waals surface area contributed by atoms with Gasteiger partial charge in [-0.3, -0.25) is 4.79 Å². The standard InChI is InChI=1S/C18H21FN2O3S/c1-2-3-12-20-25(23,24)17-10-8-16(9-11-17)21-18(22)13-14-4-6-15(19)7-5-14/h4-11,20H,2-3,12-13H2,1H3,(H,21,22). The van der Waals surface area contributed by atoms with Crippen molar-refractivity contribution in [2.45, 2.75) is 31.1 Å². The second-order valence-electron chi connectivity index (χ2n) is 5.63. The van der Waals surface area contributed by atoms with E-state index in [1.807, 2.05) is 6.92 Å². The third-order valence-electron chi connectivity index (χ3n) is 3.55. The predicted octanol–water partition coefficient (Wildman–Crippen LogP) is 3.09.